The maximum Gasteiger partial charge on any atom is 0.348 e. The van der Waals surface area contributed by atoms with Crippen LogP contribution in [-0.4, -0.2) is 29.8 Å². The number of carbonyl (C=O) groups is 2. The molecule has 6 rings (SSSR count). The number of allylic oxidation sites excluding steroid dienone is 2. The topological polar surface area (TPSA) is 55.8 Å². The maximum atomic E-state index is 14.9. The van der Waals surface area contributed by atoms with Gasteiger partial charge in [0.1, 0.15) is 0 Å². The average molecular weight is 645 g/mol. The van der Waals surface area contributed by atoms with Crippen LogP contribution in [0.5, 0.6) is 0 Å². The van der Waals surface area contributed by atoms with E-state index in [0.29, 0.717) is 29.7 Å². The van der Waals surface area contributed by atoms with Crippen molar-refractivity contribution in [2.45, 2.75) is 57.0 Å². The van der Waals surface area contributed by atoms with Gasteiger partial charge in [0.25, 0.3) is 0 Å². The van der Waals surface area contributed by atoms with E-state index in [4.69, 9.17) is 9.47 Å². The molecular formula is C35H34BrNO4S. The molecule has 1 spiro atoms. The highest BCUT2D eigenvalue weighted by Gasteiger charge is 2.77. The average Bonchev–Trinajstić information content (AvgIpc) is 3.48. The summed E-state index contributed by atoms with van der Waals surface area (Å²) >= 11 is 5.27. The summed E-state index contributed by atoms with van der Waals surface area (Å²) in [5, 5.41) is 0. The lowest BCUT2D eigenvalue weighted by atomic mass is 9.66. The van der Waals surface area contributed by atoms with E-state index in [1.807, 2.05) is 48.5 Å². The first-order valence-corrected chi connectivity index (χ1v) is 16.1. The number of esters is 1. The predicted octanol–water partition coefficient (Wildman–Crippen LogP) is 8.21. The molecular weight excluding hydrogens is 610 g/mol. The predicted molar refractivity (Wildman–Crippen MR) is 170 cm³/mol. The number of carbonyl (C=O) groups excluding carboxylic acids is 2. The van der Waals surface area contributed by atoms with Crippen LogP contribution in [0.25, 0.3) is 0 Å². The second-order valence-corrected chi connectivity index (χ2v) is 13.3. The molecule has 0 fully saturated rings. The summed E-state index contributed by atoms with van der Waals surface area (Å²) in [6.07, 6.45) is 0.681. The van der Waals surface area contributed by atoms with Crippen molar-refractivity contribution in [1.29, 1.82) is 0 Å². The van der Waals surface area contributed by atoms with Crippen molar-refractivity contribution in [1.82, 2.24) is 4.90 Å². The third-order valence-electron chi connectivity index (χ3n) is 8.95. The van der Waals surface area contributed by atoms with E-state index in [9.17, 15) is 9.59 Å². The summed E-state index contributed by atoms with van der Waals surface area (Å²) in [4.78, 5) is 32.7. The van der Waals surface area contributed by atoms with Gasteiger partial charge in [-0.15, -0.1) is 11.8 Å². The van der Waals surface area contributed by atoms with Crippen LogP contribution >= 0.6 is 27.7 Å². The van der Waals surface area contributed by atoms with Gasteiger partial charge >= 0.3 is 5.97 Å². The lowest BCUT2D eigenvalue weighted by Gasteiger charge is -2.48. The quantitative estimate of drug-likeness (QED) is 0.191. The van der Waals surface area contributed by atoms with E-state index < -0.39 is 21.9 Å². The molecule has 0 saturated carbocycles. The fourth-order valence-electron chi connectivity index (χ4n) is 7.11. The van der Waals surface area contributed by atoms with E-state index in [2.05, 4.69) is 66.7 Å². The van der Waals surface area contributed by atoms with Gasteiger partial charge in [-0.05, 0) is 69.5 Å². The number of fused-ring (bicyclic) bond motifs is 3. The van der Waals surface area contributed by atoms with Crippen LogP contribution in [0.2, 0.25) is 0 Å². The van der Waals surface area contributed by atoms with Crippen molar-refractivity contribution < 1.29 is 19.1 Å². The number of hydrogen-bond acceptors (Lipinski definition) is 6. The molecule has 3 atom stereocenters. The van der Waals surface area contributed by atoms with Gasteiger partial charge in [0.15, 0.2) is 11.4 Å². The molecule has 42 heavy (non-hydrogen) atoms. The Labute approximate surface area is 260 Å². The smallest absolute Gasteiger partial charge is 0.348 e. The van der Waals surface area contributed by atoms with Crippen LogP contribution in [0.4, 0.5) is 0 Å². The standard InChI is InChI=1S/C35H34BrNO4S/c1-6-33(25-14-10-9-11-15-25)35-28-17-13-12-16-27(28)34(41-35,32(39)40-8-3)29(30(38)24-18-20-26(36)21-19-24)31(35)37(7-2)22(4)23(5)42-33/h9-21H,6-8H2,1-5H3/t33?,34-,35+/m0/s1. The summed E-state index contributed by atoms with van der Waals surface area (Å²) < 4.78 is 13.4. The van der Waals surface area contributed by atoms with Gasteiger partial charge in [-0.3, -0.25) is 4.79 Å². The first-order valence-electron chi connectivity index (χ1n) is 14.5. The Kier molecular flexibility index (Phi) is 7.27. The molecule has 1 unspecified atom stereocenters. The van der Waals surface area contributed by atoms with Crippen LogP contribution in [0.1, 0.15) is 68.1 Å². The Morgan fingerprint density at radius 3 is 2.17 bits per heavy atom. The largest absolute Gasteiger partial charge is 0.463 e. The number of Topliss-reactive ketones (excluding diaryl/α,β-unsaturated/α-hetero) is 1. The van der Waals surface area contributed by atoms with Crippen LogP contribution in [-0.2, 0) is 30.2 Å². The molecule has 3 aromatic carbocycles. The van der Waals surface area contributed by atoms with Gasteiger partial charge in [-0.25, -0.2) is 4.79 Å². The number of ketones is 1. The highest BCUT2D eigenvalue weighted by molar-refractivity contribution is 9.10. The van der Waals surface area contributed by atoms with E-state index >= 15 is 0 Å². The molecule has 3 aromatic rings. The molecule has 2 bridgehead atoms. The molecule has 3 heterocycles. The van der Waals surface area contributed by atoms with E-state index in [1.165, 1.54) is 0 Å². The van der Waals surface area contributed by atoms with Gasteiger partial charge in [0, 0.05) is 32.7 Å². The molecule has 3 aliphatic heterocycles. The highest BCUT2D eigenvalue weighted by atomic mass is 79.9. The van der Waals surface area contributed by atoms with Gasteiger partial charge in [-0.1, -0.05) is 77.5 Å². The van der Waals surface area contributed by atoms with Gasteiger partial charge in [-0.2, -0.15) is 0 Å². The summed E-state index contributed by atoms with van der Waals surface area (Å²) in [5.74, 6) is -0.802. The van der Waals surface area contributed by atoms with Crippen molar-refractivity contribution in [3.05, 3.63) is 127 Å². The van der Waals surface area contributed by atoms with Crippen LogP contribution in [0.3, 0.4) is 0 Å². The molecule has 5 nitrogen and oxygen atoms in total. The van der Waals surface area contributed by atoms with Gasteiger partial charge in [0.05, 0.1) is 22.6 Å². The van der Waals surface area contributed by atoms with Crippen molar-refractivity contribution in [3.63, 3.8) is 0 Å². The molecule has 0 radical (unpaired) electrons. The molecule has 7 heteroatoms. The molecule has 0 aromatic heterocycles. The number of hydrogen-bond donors (Lipinski definition) is 0. The number of likely N-dealkylation sites (N-methyl/N-ethyl adjacent to an activating group) is 1. The second-order valence-electron chi connectivity index (χ2n) is 10.8. The van der Waals surface area contributed by atoms with Crippen molar-refractivity contribution in [2.75, 3.05) is 13.2 Å². The third kappa shape index (κ3) is 3.66. The minimum absolute atomic E-state index is 0.163. The Hall–Kier alpha value is -3.13. The third-order valence-corrected chi connectivity index (χ3v) is 11.2. The van der Waals surface area contributed by atoms with Crippen molar-refractivity contribution >= 4 is 39.4 Å². The first kappa shape index (κ1) is 29.0. The lowest BCUT2D eigenvalue weighted by molar-refractivity contribution is -0.178. The molecule has 0 aliphatic carbocycles. The zero-order valence-corrected chi connectivity index (χ0v) is 26.9. The molecule has 0 N–H and O–H groups in total. The summed E-state index contributed by atoms with van der Waals surface area (Å²) in [7, 11) is 0. The lowest BCUT2D eigenvalue weighted by Crippen LogP contribution is -2.50. The monoisotopic (exact) mass is 643 g/mol. The number of nitrogens with zero attached hydrogens (tertiary/aromatic N) is 1. The van der Waals surface area contributed by atoms with Crippen LogP contribution in [0, 0.1) is 0 Å². The number of rotatable bonds is 7. The highest BCUT2D eigenvalue weighted by Crippen LogP contribution is 2.73. The second kappa shape index (κ2) is 10.5. The first-order chi connectivity index (χ1) is 20.2. The SMILES string of the molecule is CCOC(=O)[C@@]12O[C@@]3(C(=C1C(=O)c1ccc(Br)cc1)N(CC)C(C)=C(C)SC3(CC)c1ccccc1)c1ccccc12. The fraction of sp³-hybridized carbons (Fsp3) is 0.314. The molecule has 0 saturated heterocycles. The maximum absolute atomic E-state index is 14.9. The molecule has 3 aliphatic rings. The Morgan fingerprint density at radius 2 is 1.55 bits per heavy atom. The summed E-state index contributed by atoms with van der Waals surface area (Å²) in [6, 6.07) is 25.6. The summed E-state index contributed by atoms with van der Waals surface area (Å²) in [6.45, 7) is 11.0. The van der Waals surface area contributed by atoms with E-state index in [0.717, 1.165) is 31.9 Å². The van der Waals surface area contributed by atoms with E-state index in [-0.39, 0.29) is 12.4 Å². The Bertz CT molecular complexity index is 1650. The fourth-order valence-corrected chi connectivity index (χ4v) is 8.95. The minimum atomic E-state index is -1.72. The van der Waals surface area contributed by atoms with Crippen molar-refractivity contribution in [2.24, 2.45) is 0 Å². The number of halogens is 1. The molecule has 216 valence electrons. The Morgan fingerprint density at radius 1 is 0.905 bits per heavy atom. The molecule has 0 amide bonds. The zero-order chi connectivity index (χ0) is 29.9. The summed E-state index contributed by atoms with van der Waals surface area (Å²) in [5.41, 5.74) is 2.37. The van der Waals surface area contributed by atoms with Crippen LogP contribution in [0.15, 0.2) is 105 Å². The van der Waals surface area contributed by atoms with E-state index in [1.54, 1.807) is 30.8 Å². The van der Waals surface area contributed by atoms with Crippen molar-refractivity contribution in [3.8, 4) is 0 Å². The normalized spacial score (nSPS) is 26.2. The number of thioether (sulfide) groups is 1. The minimum Gasteiger partial charge on any atom is -0.463 e. The van der Waals surface area contributed by atoms with Crippen LogP contribution < -0.4 is 0 Å². The zero-order valence-electron chi connectivity index (χ0n) is 24.5. The van der Waals surface area contributed by atoms with Gasteiger partial charge in [0.2, 0.25) is 5.60 Å². The number of ether oxygens (including phenoxy) is 2. The Balaban J connectivity index is 1.82. The number of benzene rings is 3. The van der Waals surface area contributed by atoms with Gasteiger partial charge < -0.3 is 14.4 Å².